The predicted molar refractivity (Wildman–Crippen MR) is 47.9 cm³/mol. The minimum atomic E-state index is 0. The minimum absolute atomic E-state index is 0. The van der Waals surface area contributed by atoms with Gasteiger partial charge in [0, 0.05) is 39.0 Å². The first kappa shape index (κ1) is 183. The Morgan fingerprint density at radius 3 is 0.400 bits per heavy atom. The summed E-state index contributed by atoms with van der Waals surface area (Å²) in [5, 5.41) is 0. The van der Waals surface area contributed by atoms with Crippen LogP contribution in [0.25, 0.3) is 0 Å². The second-order valence-corrected chi connectivity index (χ2v) is 0. The van der Waals surface area contributed by atoms with E-state index in [0.29, 0.717) is 0 Å². The molecular weight excluding hydrogens is 467 g/mol. The summed E-state index contributed by atoms with van der Waals surface area (Å²) in [5.41, 5.74) is 0. The first-order chi connectivity index (χ1) is 0. The van der Waals surface area contributed by atoms with Crippen LogP contribution in [0.1, 0.15) is 0 Å². The zero-order valence-electron chi connectivity index (χ0n) is 3.91. The first-order valence-corrected chi connectivity index (χ1v) is 0. The summed E-state index contributed by atoms with van der Waals surface area (Å²) in [4.78, 5) is 0. The van der Waals surface area contributed by atoms with Crippen molar-refractivity contribution < 1.29 is 66.3 Å². The Labute approximate surface area is 133 Å². The first-order valence-electron chi connectivity index (χ1n) is 0. The molecule has 0 heterocycles. The van der Waals surface area contributed by atoms with E-state index in [0.717, 1.165) is 0 Å². The summed E-state index contributed by atoms with van der Waals surface area (Å²) in [6.07, 6.45) is 0. The third-order valence-electron chi connectivity index (χ3n) is 0. The molecule has 0 unspecified atom stereocenters. The van der Waals surface area contributed by atoms with Crippen LogP contribution in [0.15, 0.2) is 0 Å². The van der Waals surface area contributed by atoms with Crippen LogP contribution in [0.5, 0.6) is 0 Å². The van der Waals surface area contributed by atoms with Crippen molar-refractivity contribution in [2.45, 2.75) is 0 Å². The van der Waals surface area contributed by atoms with Crippen molar-refractivity contribution in [1.29, 1.82) is 0 Å². The molecule has 62 valence electrons. The molecule has 0 rings (SSSR count). The standard InChI is InChI=1S/Al.2In.5H2O.2Zn.9H/h;;;5*1H2;;;;;;;;;;;. The molecule has 0 aliphatic rings. The Hall–Kier alpha value is 3.32. The molecule has 0 amide bonds. The van der Waals surface area contributed by atoms with E-state index in [9.17, 15) is 0 Å². The van der Waals surface area contributed by atoms with Gasteiger partial charge in [0.1, 0.15) is 0 Å². The van der Waals surface area contributed by atoms with E-state index in [2.05, 4.69) is 0 Å². The van der Waals surface area contributed by atoms with Gasteiger partial charge in [-0.15, -0.1) is 0 Å². The number of rotatable bonds is 0. The van der Waals surface area contributed by atoms with Crippen molar-refractivity contribution in [3.05, 3.63) is 0 Å². The van der Waals surface area contributed by atoms with E-state index in [-0.39, 0.29) is 135 Å². The van der Waals surface area contributed by atoms with Crippen molar-refractivity contribution in [1.82, 2.24) is 0 Å². The third-order valence-corrected chi connectivity index (χ3v) is 0. The van der Waals surface area contributed by atoms with Gasteiger partial charge in [0.05, 0.1) is 0 Å². The van der Waals surface area contributed by atoms with Gasteiger partial charge in [-0.05, 0) is 0 Å². The third kappa shape index (κ3) is 109. The molecule has 0 aromatic heterocycles. The van der Waals surface area contributed by atoms with E-state index < -0.39 is 0 Å². The molecule has 0 aliphatic carbocycles. The van der Waals surface area contributed by atoms with E-state index in [1.807, 2.05) is 0 Å². The molecule has 0 aromatic carbocycles. The summed E-state index contributed by atoms with van der Waals surface area (Å²) in [7, 11) is 0. The van der Waals surface area contributed by atoms with Crippen molar-refractivity contribution in [3.8, 4) is 0 Å². The van der Waals surface area contributed by atoms with E-state index in [4.69, 9.17) is 0 Å². The minimum Gasteiger partial charge on any atom is 0 e. The molecule has 0 atom stereocenters. The van der Waals surface area contributed by atoms with Crippen LogP contribution < -0.4 is 0 Å². The number of hydrogen-bond donors (Lipinski definition) is 0. The largest absolute Gasteiger partial charge is 0 e. The zero-order valence-corrected chi connectivity index (χ0v) is 9.85. The number of hydrogen-bond acceptors (Lipinski definition) is 0. The van der Waals surface area contributed by atoms with Crippen LogP contribution in [-0.2, 0) is 39.0 Å². The second-order valence-electron chi connectivity index (χ2n) is 0. The van der Waals surface area contributed by atoms with E-state index in [1.165, 1.54) is 0 Å². The monoisotopic (exact) mass is 484 g/mol. The van der Waals surface area contributed by atoms with Crippen molar-refractivity contribution in [2.75, 3.05) is 0 Å². The quantitative estimate of drug-likeness (QED) is 0.298. The fourth-order valence-electron chi connectivity index (χ4n) is 0. The Morgan fingerprint density at radius 1 is 0.400 bits per heavy atom. The molecule has 10 heteroatoms. The van der Waals surface area contributed by atoms with Crippen LogP contribution in [0.3, 0.4) is 0 Å². The molecule has 0 bridgehead atoms. The summed E-state index contributed by atoms with van der Waals surface area (Å²) in [6.45, 7) is 0. The molecule has 5 nitrogen and oxygen atoms in total. The molecule has 0 radical (unpaired) electrons. The smallest absolute Gasteiger partial charge is 0 e. The maximum atomic E-state index is 0. The molecular formula is H19AlIn2O5Zn2. The fraction of sp³-hybridized carbons (Fsp3) is 0. The van der Waals surface area contributed by atoms with Gasteiger partial charge in [-0.2, -0.15) is 0 Å². The molecule has 0 saturated carbocycles. The Kier molecular flexibility index (Phi) is 2630. The van der Waals surface area contributed by atoms with E-state index in [1.54, 1.807) is 0 Å². The second kappa shape index (κ2) is 143. The van der Waals surface area contributed by atoms with Crippen LogP contribution in [-0.4, -0.2) is 96.4 Å². The van der Waals surface area contributed by atoms with Crippen molar-refractivity contribution >= 4 is 69.0 Å². The Morgan fingerprint density at radius 2 is 0.400 bits per heavy atom. The molecule has 0 spiro atoms. The summed E-state index contributed by atoms with van der Waals surface area (Å²) >= 11 is 0. The SMILES string of the molecule is O.O.O.O.O.[AlH3].[InH3].[InH3].[Zn].[Zn]. The van der Waals surface area contributed by atoms with Gasteiger partial charge in [0.2, 0.25) is 0 Å². The van der Waals surface area contributed by atoms with Gasteiger partial charge < -0.3 is 27.4 Å². The maximum Gasteiger partial charge on any atom is 0 e. The molecule has 10 N–H and O–H groups in total. The normalized spacial score (nSPS) is 0. The van der Waals surface area contributed by atoms with Crippen molar-refractivity contribution in [3.63, 3.8) is 0 Å². The zero-order chi connectivity index (χ0) is 0. The van der Waals surface area contributed by atoms with Gasteiger partial charge in [0.25, 0.3) is 0 Å². The Balaban J connectivity index is 0. The van der Waals surface area contributed by atoms with Crippen LogP contribution in [0, 0.1) is 0 Å². The maximum absolute atomic E-state index is 0. The van der Waals surface area contributed by atoms with Gasteiger partial charge >= 0.3 is 51.7 Å². The fourth-order valence-corrected chi connectivity index (χ4v) is 0. The molecule has 10 heavy (non-hydrogen) atoms. The van der Waals surface area contributed by atoms with Crippen LogP contribution in [0.4, 0.5) is 0 Å². The molecule has 0 saturated heterocycles. The predicted octanol–water partition coefficient (Wildman–Crippen LogP) is -7.68. The molecule has 0 fully saturated rings. The van der Waals surface area contributed by atoms with Crippen molar-refractivity contribution in [2.24, 2.45) is 0 Å². The summed E-state index contributed by atoms with van der Waals surface area (Å²) in [6, 6.07) is 0. The topological polar surface area (TPSA) is 158 Å². The Bertz CT molecular complexity index is 17.6. The van der Waals surface area contributed by atoms with Crippen LogP contribution in [0.2, 0.25) is 0 Å². The van der Waals surface area contributed by atoms with E-state index >= 15 is 0 Å². The average molecular weight is 487 g/mol. The summed E-state index contributed by atoms with van der Waals surface area (Å²) in [5.74, 6) is 0. The van der Waals surface area contributed by atoms with Gasteiger partial charge in [0.15, 0.2) is 17.4 Å². The van der Waals surface area contributed by atoms with Gasteiger partial charge in [-0.25, -0.2) is 0 Å². The van der Waals surface area contributed by atoms with Gasteiger partial charge in [-0.1, -0.05) is 0 Å². The van der Waals surface area contributed by atoms with Gasteiger partial charge in [-0.3, -0.25) is 0 Å². The molecule has 0 aliphatic heterocycles. The van der Waals surface area contributed by atoms with Crippen LogP contribution >= 0.6 is 0 Å². The average Bonchev–Trinajstić information content (AvgIpc) is 0. The summed E-state index contributed by atoms with van der Waals surface area (Å²) < 4.78 is 0. The molecule has 0 aromatic rings.